The van der Waals surface area contributed by atoms with Crippen LogP contribution in [0.1, 0.15) is 55.8 Å². The van der Waals surface area contributed by atoms with E-state index in [9.17, 15) is 4.79 Å². The van der Waals surface area contributed by atoms with E-state index in [-0.39, 0.29) is 5.91 Å². The molecule has 1 atom stereocenters. The number of hydrogen-bond acceptors (Lipinski definition) is 1. The zero-order valence-corrected chi connectivity index (χ0v) is 17.1. The number of amides is 1. The summed E-state index contributed by atoms with van der Waals surface area (Å²) < 4.78 is 1.07. The maximum absolute atomic E-state index is 12.5. The Bertz CT molecular complexity index is 710. The number of quaternary nitrogens is 1. The zero-order chi connectivity index (χ0) is 18.4. The van der Waals surface area contributed by atoms with Gasteiger partial charge in [0, 0.05) is 22.1 Å². The summed E-state index contributed by atoms with van der Waals surface area (Å²) in [5.74, 6) is 0.428. The van der Waals surface area contributed by atoms with Gasteiger partial charge >= 0.3 is 0 Å². The van der Waals surface area contributed by atoms with Crippen molar-refractivity contribution >= 4 is 27.5 Å². The van der Waals surface area contributed by atoms with Crippen molar-refractivity contribution < 1.29 is 10.1 Å². The molecule has 134 valence electrons. The Morgan fingerprint density at radius 3 is 2.44 bits per heavy atom. The number of nitrogens with one attached hydrogen (secondary N) is 1. The predicted molar refractivity (Wildman–Crippen MR) is 108 cm³/mol. The maximum Gasteiger partial charge on any atom is 0.279 e. The van der Waals surface area contributed by atoms with Crippen LogP contribution in [0.25, 0.3) is 0 Å². The summed E-state index contributed by atoms with van der Waals surface area (Å²) in [4.78, 5) is 12.5. The van der Waals surface area contributed by atoms with Crippen LogP contribution in [0.3, 0.4) is 0 Å². The lowest BCUT2D eigenvalue weighted by atomic mass is 9.98. The lowest BCUT2D eigenvalue weighted by Gasteiger charge is -2.17. The van der Waals surface area contributed by atoms with Crippen molar-refractivity contribution in [2.75, 3.05) is 11.9 Å². The Balaban J connectivity index is 2.02. The van der Waals surface area contributed by atoms with Gasteiger partial charge in [-0.05, 0) is 36.1 Å². The van der Waals surface area contributed by atoms with Crippen LogP contribution in [0.15, 0.2) is 46.9 Å². The molecule has 0 aliphatic carbocycles. The summed E-state index contributed by atoms with van der Waals surface area (Å²) in [7, 11) is 0. The summed E-state index contributed by atoms with van der Waals surface area (Å²) in [6.45, 7) is 8.91. The minimum absolute atomic E-state index is 0.0479. The first kappa shape index (κ1) is 19.7. The van der Waals surface area contributed by atoms with Crippen LogP contribution < -0.4 is 10.6 Å². The fourth-order valence-electron chi connectivity index (χ4n) is 3.03. The number of para-hydroxylation sites is 1. The summed E-state index contributed by atoms with van der Waals surface area (Å²) in [6, 6.07) is 14.8. The predicted octanol–water partition coefficient (Wildman–Crippen LogP) is 4.53. The lowest BCUT2D eigenvalue weighted by Crippen LogP contribution is -2.87. The van der Waals surface area contributed by atoms with E-state index in [0.717, 1.165) is 22.1 Å². The van der Waals surface area contributed by atoms with Crippen LogP contribution in [0.2, 0.25) is 0 Å². The quantitative estimate of drug-likeness (QED) is 0.700. The van der Waals surface area contributed by atoms with Crippen LogP contribution in [-0.2, 0) is 4.79 Å². The first-order valence-electron chi connectivity index (χ1n) is 8.90. The van der Waals surface area contributed by atoms with Gasteiger partial charge in [-0.2, -0.15) is 0 Å². The molecule has 0 spiro atoms. The molecule has 3 N–H and O–H groups in total. The molecular formula is C21H28BrN2O+. The van der Waals surface area contributed by atoms with E-state index in [2.05, 4.69) is 65.5 Å². The van der Waals surface area contributed by atoms with E-state index in [1.807, 2.05) is 31.2 Å². The number of anilines is 1. The van der Waals surface area contributed by atoms with E-state index >= 15 is 0 Å². The van der Waals surface area contributed by atoms with E-state index in [4.69, 9.17) is 0 Å². The van der Waals surface area contributed by atoms with Gasteiger partial charge in [0.1, 0.15) is 6.04 Å². The largest absolute Gasteiger partial charge is 0.332 e. The number of rotatable bonds is 7. The number of nitrogens with two attached hydrogens (primary N) is 1. The summed E-state index contributed by atoms with van der Waals surface area (Å²) in [6.07, 6.45) is 0.983. The van der Waals surface area contributed by atoms with E-state index in [1.165, 1.54) is 11.1 Å². The molecule has 0 unspecified atom stereocenters. The van der Waals surface area contributed by atoms with Crippen molar-refractivity contribution in [3.8, 4) is 0 Å². The third kappa shape index (κ3) is 5.41. The molecule has 1 amide bonds. The second-order valence-electron chi connectivity index (χ2n) is 6.75. The Labute approximate surface area is 159 Å². The monoisotopic (exact) mass is 403 g/mol. The first-order chi connectivity index (χ1) is 11.9. The maximum atomic E-state index is 12.5. The van der Waals surface area contributed by atoms with Crippen molar-refractivity contribution in [1.82, 2.24) is 0 Å². The number of aryl methyl sites for hydroxylation is 1. The molecule has 0 radical (unpaired) electrons. The summed E-state index contributed by atoms with van der Waals surface area (Å²) in [5, 5.41) is 5.24. The van der Waals surface area contributed by atoms with Crippen molar-refractivity contribution in [2.45, 2.75) is 46.1 Å². The van der Waals surface area contributed by atoms with Crippen molar-refractivity contribution in [3.63, 3.8) is 0 Å². The minimum Gasteiger partial charge on any atom is -0.332 e. The van der Waals surface area contributed by atoms with Crippen LogP contribution in [0.4, 0.5) is 5.69 Å². The standard InChI is InChI=1S/C21H27BrN2O/c1-5-19(16-9-11-17(22)12-10-16)23-13-20(25)24-21-15(4)7-6-8-18(21)14(2)3/h6-12,14,19,23H,5,13H2,1-4H3,(H,24,25)/p+1/t19-/m0/s1. The van der Waals surface area contributed by atoms with Crippen LogP contribution >= 0.6 is 15.9 Å². The third-order valence-corrected chi connectivity index (χ3v) is 5.05. The van der Waals surface area contributed by atoms with E-state index in [0.29, 0.717) is 18.5 Å². The van der Waals surface area contributed by atoms with Gasteiger partial charge in [-0.3, -0.25) is 4.79 Å². The molecule has 25 heavy (non-hydrogen) atoms. The average Bonchev–Trinajstić information content (AvgIpc) is 2.58. The molecule has 0 bridgehead atoms. The van der Waals surface area contributed by atoms with Gasteiger partial charge in [0.15, 0.2) is 6.54 Å². The van der Waals surface area contributed by atoms with Gasteiger partial charge in [0.2, 0.25) is 0 Å². The SMILES string of the molecule is CC[C@H]([NH2+]CC(=O)Nc1c(C)cccc1C(C)C)c1ccc(Br)cc1. The normalized spacial score (nSPS) is 12.2. The number of carbonyl (C=O) groups excluding carboxylic acids is 1. The van der Waals surface area contributed by atoms with Crippen molar-refractivity contribution in [2.24, 2.45) is 0 Å². The number of carbonyl (C=O) groups is 1. The molecular weight excluding hydrogens is 376 g/mol. The number of benzene rings is 2. The van der Waals surface area contributed by atoms with Crippen LogP contribution in [-0.4, -0.2) is 12.5 Å². The highest BCUT2D eigenvalue weighted by Crippen LogP contribution is 2.27. The van der Waals surface area contributed by atoms with Gasteiger partial charge in [-0.25, -0.2) is 0 Å². The highest BCUT2D eigenvalue weighted by molar-refractivity contribution is 9.10. The Morgan fingerprint density at radius 1 is 1.16 bits per heavy atom. The molecule has 2 aromatic rings. The second kappa shape index (κ2) is 9.16. The fourth-order valence-corrected chi connectivity index (χ4v) is 3.29. The van der Waals surface area contributed by atoms with Gasteiger partial charge < -0.3 is 10.6 Å². The van der Waals surface area contributed by atoms with Crippen molar-refractivity contribution in [1.29, 1.82) is 0 Å². The molecule has 4 heteroatoms. The molecule has 0 fully saturated rings. The van der Waals surface area contributed by atoms with E-state index in [1.54, 1.807) is 0 Å². The highest BCUT2D eigenvalue weighted by atomic mass is 79.9. The second-order valence-corrected chi connectivity index (χ2v) is 7.66. The van der Waals surface area contributed by atoms with Gasteiger partial charge in [0.05, 0.1) is 0 Å². The van der Waals surface area contributed by atoms with Crippen molar-refractivity contribution in [3.05, 3.63) is 63.6 Å². The topological polar surface area (TPSA) is 45.7 Å². The molecule has 2 rings (SSSR count). The molecule has 3 nitrogen and oxygen atoms in total. The number of hydrogen-bond donors (Lipinski definition) is 2. The fraction of sp³-hybridized carbons (Fsp3) is 0.381. The zero-order valence-electron chi connectivity index (χ0n) is 15.5. The smallest absolute Gasteiger partial charge is 0.279 e. The van der Waals surface area contributed by atoms with Crippen LogP contribution in [0, 0.1) is 6.92 Å². The molecule has 0 aromatic heterocycles. The third-order valence-electron chi connectivity index (χ3n) is 4.52. The molecule has 0 heterocycles. The Kier molecular flexibility index (Phi) is 7.21. The van der Waals surface area contributed by atoms with Gasteiger partial charge in [-0.15, -0.1) is 0 Å². The number of halogens is 1. The average molecular weight is 404 g/mol. The summed E-state index contributed by atoms with van der Waals surface area (Å²) in [5.41, 5.74) is 4.51. The Hall–Kier alpha value is -1.65. The van der Waals surface area contributed by atoms with Gasteiger partial charge in [0.25, 0.3) is 5.91 Å². The highest BCUT2D eigenvalue weighted by Gasteiger charge is 2.17. The van der Waals surface area contributed by atoms with Gasteiger partial charge in [-0.1, -0.05) is 67.0 Å². The summed E-state index contributed by atoms with van der Waals surface area (Å²) >= 11 is 3.47. The molecule has 0 saturated carbocycles. The molecule has 0 aliphatic rings. The Morgan fingerprint density at radius 2 is 1.84 bits per heavy atom. The lowest BCUT2D eigenvalue weighted by molar-refractivity contribution is -0.686. The first-order valence-corrected chi connectivity index (χ1v) is 9.69. The van der Waals surface area contributed by atoms with E-state index < -0.39 is 0 Å². The molecule has 0 saturated heterocycles. The molecule has 2 aromatic carbocycles. The minimum atomic E-state index is 0.0479. The molecule has 0 aliphatic heterocycles. The van der Waals surface area contributed by atoms with Crippen LogP contribution in [0.5, 0.6) is 0 Å².